The number of methoxy groups -OCH3 is 1. The Morgan fingerprint density at radius 2 is 2.00 bits per heavy atom. The number of nitrogens with one attached hydrogen (secondary N) is 1. The highest BCUT2D eigenvalue weighted by atomic mass is 16.5. The second kappa shape index (κ2) is 7.35. The Morgan fingerprint density at radius 1 is 1.18 bits per heavy atom. The zero-order chi connectivity index (χ0) is 19.7. The lowest BCUT2D eigenvalue weighted by Crippen LogP contribution is -2.24. The quantitative estimate of drug-likeness (QED) is 0.718. The fraction of sp³-hybridized carbons (Fsp3) is 0.217. The van der Waals surface area contributed by atoms with Gasteiger partial charge >= 0.3 is 0 Å². The van der Waals surface area contributed by atoms with E-state index in [1.54, 1.807) is 13.3 Å². The van der Waals surface area contributed by atoms with E-state index in [-0.39, 0.29) is 5.91 Å². The lowest BCUT2D eigenvalue weighted by molar-refractivity contribution is 0.102. The van der Waals surface area contributed by atoms with Gasteiger partial charge in [0.05, 0.1) is 30.2 Å². The van der Waals surface area contributed by atoms with Crippen molar-refractivity contribution in [2.24, 2.45) is 0 Å². The number of carbonyl (C=O) groups is 1. The molecule has 0 radical (unpaired) electrons. The number of fused-ring (bicyclic) bond motifs is 1. The van der Waals surface area contributed by atoms with Crippen LogP contribution in [-0.4, -0.2) is 24.0 Å². The molecule has 0 aliphatic carbocycles. The molecule has 5 heteroatoms. The zero-order valence-corrected chi connectivity index (χ0v) is 16.3. The summed E-state index contributed by atoms with van der Waals surface area (Å²) in [5.74, 6) is 0.420. The van der Waals surface area contributed by atoms with E-state index >= 15 is 0 Å². The van der Waals surface area contributed by atoms with Crippen molar-refractivity contribution in [2.75, 3.05) is 17.3 Å². The van der Waals surface area contributed by atoms with E-state index in [1.165, 1.54) is 11.3 Å². The molecule has 1 amide bonds. The molecule has 1 unspecified atom stereocenters. The summed E-state index contributed by atoms with van der Waals surface area (Å²) in [6.45, 7) is 4.16. The molecule has 28 heavy (non-hydrogen) atoms. The van der Waals surface area contributed by atoms with Gasteiger partial charge in [0.2, 0.25) is 0 Å². The van der Waals surface area contributed by atoms with E-state index in [1.807, 2.05) is 43.5 Å². The number of pyridine rings is 1. The number of rotatable bonds is 4. The molecular formula is C23H23N3O2. The van der Waals surface area contributed by atoms with Crippen molar-refractivity contribution in [3.8, 4) is 5.75 Å². The molecule has 1 atom stereocenters. The predicted octanol–water partition coefficient (Wildman–Crippen LogP) is 4.73. The lowest BCUT2D eigenvalue weighted by atomic mass is 10.1. The molecule has 1 aromatic heterocycles. The number of aryl methyl sites for hydroxylation is 1. The van der Waals surface area contributed by atoms with Gasteiger partial charge in [0.25, 0.3) is 5.91 Å². The number of amides is 1. The van der Waals surface area contributed by atoms with Gasteiger partial charge in [-0.1, -0.05) is 24.3 Å². The number of ether oxygens (including phenoxy) is 1. The predicted molar refractivity (Wildman–Crippen MR) is 112 cm³/mol. The number of nitrogens with zero attached hydrogens (tertiary/aromatic N) is 2. The number of hydrogen-bond acceptors (Lipinski definition) is 4. The number of carbonyl (C=O) groups excluding carboxylic acids is 1. The minimum Gasteiger partial charge on any atom is -0.495 e. The fourth-order valence-electron chi connectivity index (χ4n) is 3.76. The van der Waals surface area contributed by atoms with E-state index in [4.69, 9.17) is 4.74 Å². The summed E-state index contributed by atoms with van der Waals surface area (Å²) in [7, 11) is 1.59. The third kappa shape index (κ3) is 3.31. The molecule has 1 aliphatic rings. The Labute approximate surface area is 165 Å². The van der Waals surface area contributed by atoms with Crippen molar-refractivity contribution >= 4 is 23.0 Å². The van der Waals surface area contributed by atoms with E-state index in [0.717, 1.165) is 17.7 Å². The smallest absolute Gasteiger partial charge is 0.257 e. The van der Waals surface area contributed by atoms with Crippen LogP contribution in [0.5, 0.6) is 5.75 Å². The molecule has 2 aromatic carbocycles. The first-order valence-electron chi connectivity index (χ1n) is 9.35. The topological polar surface area (TPSA) is 54.5 Å². The normalized spacial score (nSPS) is 15.2. The van der Waals surface area contributed by atoms with Crippen LogP contribution in [0.25, 0.3) is 0 Å². The third-order valence-electron chi connectivity index (χ3n) is 5.07. The molecule has 0 saturated heterocycles. The van der Waals surface area contributed by atoms with Gasteiger partial charge in [-0.05, 0) is 55.7 Å². The molecule has 142 valence electrons. The van der Waals surface area contributed by atoms with Crippen molar-refractivity contribution in [2.45, 2.75) is 26.3 Å². The highest BCUT2D eigenvalue weighted by molar-refractivity contribution is 6.05. The Morgan fingerprint density at radius 3 is 2.82 bits per heavy atom. The maximum absolute atomic E-state index is 12.9. The molecule has 3 aromatic rings. The maximum Gasteiger partial charge on any atom is 0.257 e. The average Bonchev–Trinajstić information content (AvgIpc) is 3.04. The molecule has 0 bridgehead atoms. The monoisotopic (exact) mass is 373 g/mol. The summed E-state index contributed by atoms with van der Waals surface area (Å²) in [5, 5.41) is 2.94. The fourth-order valence-corrected chi connectivity index (χ4v) is 3.76. The summed E-state index contributed by atoms with van der Waals surface area (Å²) < 4.78 is 5.36. The van der Waals surface area contributed by atoms with Gasteiger partial charge in [-0.2, -0.15) is 0 Å². The molecule has 0 fully saturated rings. The van der Waals surface area contributed by atoms with Crippen LogP contribution in [-0.2, 0) is 6.42 Å². The van der Waals surface area contributed by atoms with Crippen LogP contribution < -0.4 is 15.0 Å². The molecule has 0 spiro atoms. The number of benzene rings is 2. The minimum atomic E-state index is -0.210. The molecular weight excluding hydrogens is 350 g/mol. The number of aromatic nitrogens is 1. The van der Waals surface area contributed by atoms with Gasteiger partial charge in [0.15, 0.2) is 0 Å². The summed E-state index contributed by atoms with van der Waals surface area (Å²) in [5.41, 5.74) is 5.62. The first-order chi connectivity index (χ1) is 13.6. The second-order valence-corrected chi connectivity index (χ2v) is 7.14. The highest BCUT2D eigenvalue weighted by Gasteiger charge is 2.27. The van der Waals surface area contributed by atoms with Gasteiger partial charge in [-0.3, -0.25) is 9.78 Å². The van der Waals surface area contributed by atoms with Gasteiger partial charge in [-0.15, -0.1) is 0 Å². The van der Waals surface area contributed by atoms with Crippen molar-refractivity contribution < 1.29 is 9.53 Å². The van der Waals surface area contributed by atoms with Gasteiger partial charge < -0.3 is 15.0 Å². The van der Waals surface area contributed by atoms with E-state index in [0.29, 0.717) is 23.0 Å². The lowest BCUT2D eigenvalue weighted by Gasteiger charge is -2.25. The summed E-state index contributed by atoms with van der Waals surface area (Å²) in [4.78, 5) is 19.4. The molecule has 5 nitrogen and oxygen atoms in total. The highest BCUT2D eigenvalue weighted by Crippen LogP contribution is 2.38. The Balaban J connectivity index is 1.63. The second-order valence-electron chi connectivity index (χ2n) is 7.14. The van der Waals surface area contributed by atoms with Crippen molar-refractivity contribution in [1.82, 2.24) is 4.98 Å². The largest absolute Gasteiger partial charge is 0.495 e. The first-order valence-corrected chi connectivity index (χ1v) is 9.35. The number of para-hydroxylation sites is 1. The van der Waals surface area contributed by atoms with Crippen LogP contribution in [0.15, 0.2) is 60.9 Å². The third-order valence-corrected chi connectivity index (χ3v) is 5.07. The maximum atomic E-state index is 12.9. The van der Waals surface area contributed by atoms with Crippen molar-refractivity contribution in [3.05, 3.63) is 77.6 Å². The molecule has 1 N–H and O–H groups in total. The first kappa shape index (κ1) is 18.0. The Hall–Kier alpha value is -3.34. The van der Waals surface area contributed by atoms with E-state index in [2.05, 4.69) is 40.3 Å². The Bertz CT molecular complexity index is 1030. The zero-order valence-electron chi connectivity index (χ0n) is 16.3. The van der Waals surface area contributed by atoms with Crippen LogP contribution in [0.2, 0.25) is 0 Å². The Kier molecular flexibility index (Phi) is 4.74. The minimum absolute atomic E-state index is 0.210. The standard InChI is InChI=1S/C23H23N3O2/c1-15-8-9-22(28-3)20(10-15)25-23(27)18-12-19(14-24-13-18)26-16(2)11-17-6-4-5-7-21(17)26/h4-10,12-14,16H,11H2,1-3H3,(H,25,27). The van der Waals surface area contributed by atoms with Crippen LogP contribution in [0, 0.1) is 6.92 Å². The SMILES string of the molecule is COc1ccc(C)cc1NC(=O)c1cncc(N2c3ccccc3CC2C)c1. The van der Waals surface area contributed by atoms with Crippen molar-refractivity contribution in [1.29, 1.82) is 0 Å². The summed E-state index contributed by atoms with van der Waals surface area (Å²) in [6, 6.07) is 16.3. The van der Waals surface area contributed by atoms with Crippen LogP contribution in [0.4, 0.5) is 17.1 Å². The van der Waals surface area contributed by atoms with Crippen molar-refractivity contribution in [3.63, 3.8) is 0 Å². The molecule has 1 aliphatic heterocycles. The average molecular weight is 373 g/mol. The van der Waals surface area contributed by atoms with Crippen LogP contribution in [0.1, 0.15) is 28.4 Å². The molecule has 4 rings (SSSR count). The van der Waals surface area contributed by atoms with Gasteiger partial charge in [0.1, 0.15) is 5.75 Å². The molecule has 2 heterocycles. The summed E-state index contributed by atoms with van der Waals surface area (Å²) >= 11 is 0. The van der Waals surface area contributed by atoms with Crippen LogP contribution >= 0.6 is 0 Å². The van der Waals surface area contributed by atoms with Crippen LogP contribution in [0.3, 0.4) is 0 Å². The number of hydrogen-bond donors (Lipinski definition) is 1. The van der Waals surface area contributed by atoms with Gasteiger partial charge in [-0.25, -0.2) is 0 Å². The summed E-state index contributed by atoms with van der Waals surface area (Å²) in [6.07, 6.45) is 4.38. The number of anilines is 3. The van der Waals surface area contributed by atoms with E-state index < -0.39 is 0 Å². The van der Waals surface area contributed by atoms with Gasteiger partial charge in [0, 0.05) is 17.9 Å². The molecule has 0 saturated carbocycles. The van der Waals surface area contributed by atoms with E-state index in [9.17, 15) is 4.79 Å².